The fourth-order valence-corrected chi connectivity index (χ4v) is 2.60. The lowest BCUT2D eigenvalue weighted by molar-refractivity contribution is -0.142. The van der Waals surface area contributed by atoms with E-state index in [0.29, 0.717) is 12.8 Å². The molecule has 1 aromatic carbocycles. The minimum Gasteiger partial charge on any atom is -0.480 e. The molecule has 0 aliphatic carbocycles. The standard InChI is InChI=1S/C17H23N3O3/c1-10(2)7-15(17(22)23)20-16(21)13(18)8-11-9-19-14-6-4-3-5-12(11)14/h3-6,9-10,13,15,19H,7-8,18H2,1-2H3,(H,20,21)(H,22,23)/t13-,15+/m1/s1. The van der Waals surface area contributed by atoms with Gasteiger partial charge >= 0.3 is 5.97 Å². The molecule has 2 atom stereocenters. The van der Waals surface area contributed by atoms with Crippen LogP contribution in [0.25, 0.3) is 10.9 Å². The van der Waals surface area contributed by atoms with Crippen LogP contribution < -0.4 is 11.1 Å². The normalized spacial score (nSPS) is 13.9. The minimum atomic E-state index is -1.04. The zero-order chi connectivity index (χ0) is 17.0. The van der Waals surface area contributed by atoms with Gasteiger partial charge in [0.2, 0.25) is 5.91 Å². The zero-order valence-corrected chi connectivity index (χ0v) is 13.4. The first-order valence-corrected chi connectivity index (χ1v) is 7.72. The molecule has 6 nitrogen and oxygen atoms in total. The van der Waals surface area contributed by atoms with E-state index in [4.69, 9.17) is 5.73 Å². The number of nitrogens with two attached hydrogens (primary N) is 1. The topological polar surface area (TPSA) is 108 Å². The van der Waals surface area contributed by atoms with Crippen LogP contribution in [0.3, 0.4) is 0 Å². The number of nitrogens with one attached hydrogen (secondary N) is 2. The Kier molecular flexibility index (Phi) is 5.39. The number of rotatable bonds is 7. The molecule has 2 aromatic rings. The molecule has 0 aliphatic heterocycles. The predicted molar refractivity (Wildman–Crippen MR) is 89.0 cm³/mol. The monoisotopic (exact) mass is 317 g/mol. The van der Waals surface area contributed by atoms with Gasteiger partial charge in [-0.05, 0) is 30.4 Å². The molecule has 0 saturated carbocycles. The van der Waals surface area contributed by atoms with E-state index in [1.807, 2.05) is 44.3 Å². The van der Waals surface area contributed by atoms with Gasteiger partial charge in [0, 0.05) is 17.1 Å². The van der Waals surface area contributed by atoms with Gasteiger partial charge in [-0.2, -0.15) is 0 Å². The van der Waals surface area contributed by atoms with Gasteiger partial charge in [0.1, 0.15) is 6.04 Å². The third-order valence-electron chi connectivity index (χ3n) is 3.77. The second-order valence-electron chi connectivity index (χ2n) is 6.20. The van der Waals surface area contributed by atoms with Gasteiger partial charge in [-0.1, -0.05) is 32.0 Å². The second-order valence-corrected chi connectivity index (χ2v) is 6.20. The molecule has 0 unspecified atom stereocenters. The highest BCUT2D eigenvalue weighted by Gasteiger charge is 2.24. The van der Waals surface area contributed by atoms with E-state index in [9.17, 15) is 14.7 Å². The first-order chi connectivity index (χ1) is 10.9. The Hall–Kier alpha value is -2.34. The van der Waals surface area contributed by atoms with Crippen LogP contribution in [-0.2, 0) is 16.0 Å². The van der Waals surface area contributed by atoms with Crippen LogP contribution in [0.1, 0.15) is 25.8 Å². The fraction of sp³-hybridized carbons (Fsp3) is 0.412. The van der Waals surface area contributed by atoms with Crippen LogP contribution in [0.5, 0.6) is 0 Å². The maximum absolute atomic E-state index is 12.2. The number of amides is 1. The van der Waals surface area contributed by atoms with Crippen molar-refractivity contribution in [2.75, 3.05) is 0 Å². The van der Waals surface area contributed by atoms with Gasteiger partial charge < -0.3 is 21.1 Å². The van der Waals surface area contributed by atoms with Crippen molar-refractivity contribution in [3.8, 4) is 0 Å². The van der Waals surface area contributed by atoms with Crippen molar-refractivity contribution in [3.63, 3.8) is 0 Å². The quantitative estimate of drug-likeness (QED) is 0.622. The number of benzene rings is 1. The van der Waals surface area contributed by atoms with Crippen molar-refractivity contribution >= 4 is 22.8 Å². The summed E-state index contributed by atoms with van der Waals surface area (Å²) in [5.74, 6) is -1.31. The third kappa shape index (κ3) is 4.32. The Morgan fingerprint density at radius 3 is 2.65 bits per heavy atom. The summed E-state index contributed by atoms with van der Waals surface area (Å²) in [4.78, 5) is 26.6. The molecule has 1 amide bonds. The van der Waals surface area contributed by atoms with E-state index in [1.165, 1.54) is 0 Å². The summed E-state index contributed by atoms with van der Waals surface area (Å²) in [5.41, 5.74) is 7.89. The minimum absolute atomic E-state index is 0.168. The number of carbonyl (C=O) groups excluding carboxylic acids is 1. The average Bonchev–Trinajstić information content (AvgIpc) is 2.89. The number of aliphatic carboxylic acids is 1. The van der Waals surface area contributed by atoms with E-state index in [1.54, 1.807) is 0 Å². The first-order valence-electron chi connectivity index (χ1n) is 7.72. The molecule has 0 spiro atoms. The molecule has 1 heterocycles. The van der Waals surface area contributed by atoms with Crippen LogP contribution in [-0.4, -0.2) is 34.1 Å². The number of carboxylic acid groups (broad SMARTS) is 1. The molecule has 124 valence electrons. The number of carbonyl (C=O) groups is 2. The number of aromatic nitrogens is 1. The summed E-state index contributed by atoms with van der Waals surface area (Å²) in [5, 5.41) is 12.7. The Morgan fingerprint density at radius 2 is 2.00 bits per heavy atom. The van der Waals surface area contributed by atoms with Gasteiger partial charge in [-0.15, -0.1) is 0 Å². The molecule has 0 radical (unpaired) electrons. The van der Waals surface area contributed by atoms with Crippen molar-refractivity contribution in [1.82, 2.24) is 10.3 Å². The van der Waals surface area contributed by atoms with E-state index < -0.39 is 24.0 Å². The Morgan fingerprint density at radius 1 is 1.30 bits per heavy atom. The number of hydrogen-bond donors (Lipinski definition) is 4. The maximum atomic E-state index is 12.2. The number of para-hydroxylation sites is 1. The molecule has 6 heteroatoms. The van der Waals surface area contributed by atoms with E-state index in [-0.39, 0.29) is 5.92 Å². The van der Waals surface area contributed by atoms with Crippen molar-refractivity contribution in [3.05, 3.63) is 36.0 Å². The highest BCUT2D eigenvalue weighted by atomic mass is 16.4. The van der Waals surface area contributed by atoms with Gasteiger partial charge in [0.05, 0.1) is 6.04 Å². The molecule has 1 aromatic heterocycles. The summed E-state index contributed by atoms with van der Waals surface area (Å²) in [7, 11) is 0. The lowest BCUT2D eigenvalue weighted by atomic mass is 10.0. The Labute approximate surface area is 135 Å². The molecule has 0 aliphatic rings. The van der Waals surface area contributed by atoms with Crippen LogP contribution in [0, 0.1) is 5.92 Å². The van der Waals surface area contributed by atoms with Crippen LogP contribution in [0.2, 0.25) is 0 Å². The maximum Gasteiger partial charge on any atom is 0.326 e. The second kappa shape index (κ2) is 7.28. The van der Waals surface area contributed by atoms with Gasteiger partial charge in [0.15, 0.2) is 0 Å². The number of fused-ring (bicyclic) bond motifs is 1. The largest absolute Gasteiger partial charge is 0.480 e. The van der Waals surface area contributed by atoms with Gasteiger partial charge in [-0.3, -0.25) is 4.79 Å². The SMILES string of the molecule is CC(C)C[C@H](NC(=O)[C@H](N)Cc1c[nH]c2ccccc12)C(=O)O. The fourth-order valence-electron chi connectivity index (χ4n) is 2.60. The summed E-state index contributed by atoms with van der Waals surface area (Å²) in [6, 6.07) is 6.07. The molecule has 5 N–H and O–H groups in total. The Balaban J connectivity index is 2.03. The molecule has 2 rings (SSSR count). The molecule has 0 fully saturated rings. The highest BCUT2D eigenvalue weighted by molar-refractivity contribution is 5.88. The molecule has 23 heavy (non-hydrogen) atoms. The zero-order valence-electron chi connectivity index (χ0n) is 13.4. The number of aromatic amines is 1. The van der Waals surface area contributed by atoms with E-state index in [2.05, 4.69) is 10.3 Å². The highest BCUT2D eigenvalue weighted by Crippen LogP contribution is 2.18. The number of carboxylic acids is 1. The van der Waals surface area contributed by atoms with Crippen molar-refractivity contribution < 1.29 is 14.7 Å². The Bertz CT molecular complexity index is 693. The van der Waals surface area contributed by atoms with E-state index >= 15 is 0 Å². The number of hydrogen-bond acceptors (Lipinski definition) is 3. The van der Waals surface area contributed by atoms with Crippen LogP contribution >= 0.6 is 0 Å². The number of H-pyrrole nitrogens is 1. The molecule has 0 bridgehead atoms. The summed E-state index contributed by atoms with van der Waals surface area (Å²) in [6.07, 6.45) is 2.56. The lowest BCUT2D eigenvalue weighted by Crippen LogP contribution is -2.49. The van der Waals surface area contributed by atoms with E-state index in [0.717, 1.165) is 16.5 Å². The summed E-state index contributed by atoms with van der Waals surface area (Å²) < 4.78 is 0. The average molecular weight is 317 g/mol. The predicted octanol–water partition coefficient (Wildman–Crippen LogP) is 1.65. The van der Waals surface area contributed by atoms with Crippen LogP contribution in [0.4, 0.5) is 0 Å². The molecule has 0 saturated heterocycles. The summed E-state index contributed by atoms with van der Waals surface area (Å²) >= 11 is 0. The van der Waals surface area contributed by atoms with Crippen molar-refractivity contribution in [2.45, 2.75) is 38.8 Å². The third-order valence-corrected chi connectivity index (χ3v) is 3.77. The van der Waals surface area contributed by atoms with Crippen molar-refractivity contribution in [2.24, 2.45) is 11.7 Å². The summed E-state index contributed by atoms with van der Waals surface area (Å²) in [6.45, 7) is 3.82. The van der Waals surface area contributed by atoms with Crippen LogP contribution in [0.15, 0.2) is 30.5 Å². The van der Waals surface area contributed by atoms with Gasteiger partial charge in [0.25, 0.3) is 0 Å². The lowest BCUT2D eigenvalue weighted by Gasteiger charge is -2.19. The molecular formula is C17H23N3O3. The van der Waals surface area contributed by atoms with Crippen molar-refractivity contribution in [1.29, 1.82) is 0 Å². The molecular weight excluding hydrogens is 294 g/mol. The first kappa shape index (κ1) is 17.0. The smallest absolute Gasteiger partial charge is 0.326 e. The van der Waals surface area contributed by atoms with Gasteiger partial charge in [-0.25, -0.2) is 4.79 Å².